The highest BCUT2D eigenvalue weighted by atomic mass is 19.1. The van der Waals surface area contributed by atoms with Gasteiger partial charge in [0, 0.05) is 30.7 Å². The Morgan fingerprint density at radius 2 is 1.80 bits per heavy atom. The molecule has 1 fully saturated rings. The number of benzene rings is 2. The minimum atomic E-state index is -0.566. The highest BCUT2D eigenvalue weighted by molar-refractivity contribution is 5.28. The second kappa shape index (κ2) is 9.86. The second-order valence-electron chi connectivity index (χ2n) is 8.81. The number of nitrogens with zero attached hydrogens (tertiary/aromatic N) is 1. The van der Waals surface area contributed by atoms with E-state index in [0.717, 1.165) is 37.6 Å². The standard InChI is InChI=1S/C24H32F2N2O2/c1-24(2,14-17-6-8-21(30-3)9-7-17)27-15-23(29)22-5-4-10-28(22)16-18-11-19(25)13-20(26)12-18/h6-9,11-13,22-23,27,29H,4-5,10,14-16H2,1-3H3. The van der Waals surface area contributed by atoms with Gasteiger partial charge in [-0.1, -0.05) is 12.1 Å². The summed E-state index contributed by atoms with van der Waals surface area (Å²) >= 11 is 0. The number of hydrogen-bond donors (Lipinski definition) is 2. The normalized spacial score (nSPS) is 18.5. The van der Waals surface area contributed by atoms with Crippen LogP contribution in [0.5, 0.6) is 5.75 Å². The molecule has 0 spiro atoms. The van der Waals surface area contributed by atoms with E-state index >= 15 is 0 Å². The highest BCUT2D eigenvalue weighted by Crippen LogP contribution is 2.24. The van der Waals surface area contributed by atoms with E-state index in [1.165, 1.54) is 17.7 Å². The number of β-amino-alcohol motifs (C(OH)–C–C–N with tert-alkyl or cyclic N) is 1. The van der Waals surface area contributed by atoms with Crippen LogP contribution in [-0.2, 0) is 13.0 Å². The van der Waals surface area contributed by atoms with Gasteiger partial charge in [-0.3, -0.25) is 4.90 Å². The fourth-order valence-corrected chi connectivity index (χ4v) is 4.25. The van der Waals surface area contributed by atoms with Gasteiger partial charge in [-0.2, -0.15) is 0 Å². The number of halogens is 2. The number of likely N-dealkylation sites (tertiary alicyclic amines) is 1. The average Bonchev–Trinajstić information content (AvgIpc) is 3.14. The van der Waals surface area contributed by atoms with Gasteiger partial charge in [-0.05, 0) is 75.0 Å². The topological polar surface area (TPSA) is 44.7 Å². The van der Waals surface area contributed by atoms with Crippen molar-refractivity contribution in [3.05, 3.63) is 65.2 Å². The van der Waals surface area contributed by atoms with E-state index in [2.05, 4.69) is 36.2 Å². The lowest BCUT2D eigenvalue weighted by atomic mass is 9.94. The zero-order valence-electron chi connectivity index (χ0n) is 18.0. The Hall–Kier alpha value is -2.02. The third-order valence-corrected chi connectivity index (χ3v) is 5.76. The van der Waals surface area contributed by atoms with Crippen molar-refractivity contribution in [2.75, 3.05) is 20.2 Å². The van der Waals surface area contributed by atoms with E-state index in [0.29, 0.717) is 18.7 Å². The molecule has 6 heteroatoms. The molecule has 2 atom stereocenters. The van der Waals surface area contributed by atoms with Crippen LogP contribution in [0.2, 0.25) is 0 Å². The van der Waals surface area contributed by atoms with Gasteiger partial charge in [0.2, 0.25) is 0 Å². The summed E-state index contributed by atoms with van der Waals surface area (Å²) in [4.78, 5) is 2.12. The molecule has 0 bridgehead atoms. The summed E-state index contributed by atoms with van der Waals surface area (Å²) in [6, 6.07) is 11.6. The summed E-state index contributed by atoms with van der Waals surface area (Å²) in [6.45, 7) is 5.94. The van der Waals surface area contributed by atoms with E-state index in [1.54, 1.807) is 7.11 Å². The Bertz CT molecular complexity index is 806. The van der Waals surface area contributed by atoms with Crippen LogP contribution in [0.15, 0.2) is 42.5 Å². The number of ether oxygens (including phenoxy) is 1. The van der Waals surface area contributed by atoms with Crippen LogP contribution < -0.4 is 10.1 Å². The van der Waals surface area contributed by atoms with Crippen LogP contribution in [-0.4, -0.2) is 47.9 Å². The Morgan fingerprint density at radius 3 is 2.43 bits per heavy atom. The van der Waals surface area contributed by atoms with Crippen molar-refractivity contribution >= 4 is 0 Å². The van der Waals surface area contributed by atoms with Crippen LogP contribution >= 0.6 is 0 Å². The molecule has 3 rings (SSSR count). The molecule has 4 nitrogen and oxygen atoms in total. The predicted octanol–water partition coefficient (Wildman–Crippen LogP) is 3.91. The van der Waals surface area contributed by atoms with E-state index in [-0.39, 0.29) is 11.6 Å². The zero-order chi connectivity index (χ0) is 21.7. The molecule has 1 aliphatic heterocycles. The molecule has 0 aliphatic carbocycles. The minimum Gasteiger partial charge on any atom is -0.497 e. The van der Waals surface area contributed by atoms with Crippen LogP contribution in [0, 0.1) is 11.6 Å². The number of hydrogen-bond acceptors (Lipinski definition) is 4. The molecule has 0 radical (unpaired) electrons. The van der Waals surface area contributed by atoms with Crippen molar-refractivity contribution in [3.8, 4) is 5.75 Å². The zero-order valence-corrected chi connectivity index (χ0v) is 18.0. The van der Waals surface area contributed by atoms with Gasteiger partial charge in [0.1, 0.15) is 17.4 Å². The molecule has 2 unspecified atom stereocenters. The van der Waals surface area contributed by atoms with Gasteiger partial charge in [0.15, 0.2) is 0 Å². The molecule has 0 aromatic heterocycles. The number of rotatable bonds is 9. The smallest absolute Gasteiger partial charge is 0.126 e. The van der Waals surface area contributed by atoms with Crippen LogP contribution in [0.3, 0.4) is 0 Å². The maximum Gasteiger partial charge on any atom is 0.126 e. The Balaban J connectivity index is 1.55. The third-order valence-electron chi connectivity index (χ3n) is 5.76. The first-order chi connectivity index (χ1) is 14.3. The number of methoxy groups -OCH3 is 1. The highest BCUT2D eigenvalue weighted by Gasteiger charge is 2.31. The van der Waals surface area contributed by atoms with Crippen molar-refractivity contribution in [3.63, 3.8) is 0 Å². The molecular formula is C24H32F2N2O2. The summed E-state index contributed by atoms with van der Waals surface area (Å²) in [7, 11) is 1.65. The Labute approximate surface area is 177 Å². The van der Waals surface area contributed by atoms with Gasteiger partial charge in [0.25, 0.3) is 0 Å². The van der Waals surface area contributed by atoms with Crippen molar-refractivity contribution in [1.29, 1.82) is 0 Å². The van der Waals surface area contributed by atoms with Crippen LogP contribution in [0.1, 0.15) is 37.8 Å². The van der Waals surface area contributed by atoms with Gasteiger partial charge < -0.3 is 15.2 Å². The first-order valence-corrected chi connectivity index (χ1v) is 10.5. The van der Waals surface area contributed by atoms with E-state index in [9.17, 15) is 13.9 Å². The first kappa shape index (κ1) is 22.7. The van der Waals surface area contributed by atoms with Crippen molar-refractivity contribution in [2.24, 2.45) is 0 Å². The maximum absolute atomic E-state index is 13.5. The lowest BCUT2D eigenvalue weighted by molar-refractivity contribution is 0.0632. The van der Waals surface area contributed by atoms with Crippen molar-refractivity contribution in [1.82, 2.24) is 10.2 Å². The maximum atomic E-state index is 13.5. The number of nitrogens with one attached hydrogen (secondary N) is 1. The average molecular weight is 419 g/mol. The Kier molecular flexibility index (Phi) is 7.45. The molecule has 30 heavy (non-hydrogen) atoms. The fourth-order valence-electron chi connectivity index (χ4n) is 4.25. The minimum absolute atomic E-state index is 0.0272. The monoisotopic (exact) mass is 418 g/mol. The molecule has 0 amide bonds. The quantitative estimate of drug-likeness (QED) is 0.648. The van der Waals surface area contributed by atoms with Gasteiger partial charge in [0.05, 0.1) is 13.2 Å². The number of aliphatic hydroxyl groups excluding tert-OH is 1. The fraction of sp³-hybridized carbons (Fsp3) is 0.500. The second-order valence-corrected chi connectivity index (χ2v) is 8.81. The lowest BCUT2D eigenvalue weighted by Crippen LogP contribution is -2.50. The molecule has 1 saturated heterocycles. The van der Waals surface area contributed by atoms with Gasteiger partial charge in [-0.25, -0.2) is 8.78 Å². The van der Waals surface area contributed by atoms with Crippen LogP contribution in [0.25, 0.3) is 0 Å². The van der Waals surface area contributed by atoms with Crippen molar-refractivity contribution < 1.29 is 18.6 Å². The molecule has 164 valence electrons. The van der Waals surface area contributed by atoms with Gasteiger partial charge in [-0.15, -0.1) is 0 Å². The van der Waals surface area contributed by atoms with E-state index in [4.69, 9.17) is 4.74 Å². The van der Waals surface area contributed by atoms with E-state index < -0.39 is 17.7 Å². The third kappa shape index (κ3) is 6.24. The molecule has 2 N–H and O–H groups in total. The predicted molar refractivity (Wildman–Crippen MR) is 115 cm³/mol. The molecule has 2 aromatic carbocycles. The van der Waals surface area contributed by atoms with Crippen LogP contribution in [0.4, 0.5) is 8.78 Å². The number of aliphatic hydroxyl groups is 1. The summed E-state index contributed by atoms with van der Waals surface area (Å²) in [5, 5.41) is 14.3. The molecule has 2 aromatic rings. The molecule has 1 heterocycles. The van der Waals surface area contributed by atoms with Crippen molar-refractivity contribution in [2.45, 2.75) is 57.3 Å². The Morgan fingerprint density at radius 1 is 1.13 bits per heavy atom. The molecule has 0 saturated carbocycles. The summed E-state index contributed by atoms with van der Waals surface area (Å²) in [6.07, 6.45) is 2.11. The van der Waals surface area contributed by atoms with Gasteiger partial charge >= 0.3 is 0 Å². The lowest BCUT2D eigenvalue weighted by Gasteiger charge is -2.33. The summed E-state index contributed by atoms with van der Waals surface area (Å²) in [5.41, 5.74) is 1.60. The summed E-state index contributed by atoms with van der Waals surface area (Å²) < 4.78 is 32.2. The SMILES string of the molecule is COc1ccc(CC(C)(C)NCC(O)C2CCCN2Cc2cc(F)cc(F)c2)cc1. The molecular weight excluding hydrogens is 386 g/mol. The van der Waals surface area contributed by atoms with E-state index in [1.807, 2.05) is 12.1 Å². The summed E-state index contributed by atoms with van der Waals surface area (Å²) in [5.74, 6) is -0.300. The molecule has 1 aliphatic rings. The largest absolute Gasteiger partial charge is 0.497 e. The first-order valence-electron chi connectivity index (χ1n) is 10.5.